The highest BCUT2D eigenvalue weighted by atomic mass is 79.9. The summed E-state index contributed by atoms with van der Waals surface area (Å²) in [6, 6.07) is 7.53. The van der Waals surface area contributed by atoms with E-state index in [1.54, 1.807) is 0 Å². The molecular formula is C21H28BrN3O3. The van der Waals surface area contributed by atoms with Gasteiger partial charge in [0.1, 0.15) is 0 Å². The van der Waals surface area contributed by atoms with Crippen molar-refractivity contribution in [3.8, 4) is 0 Å². The molecule has 2 rings (SSSR count). The summed E-state index contributed by atoms with van der Waals surface area (Å²) < 4.78 is 8.07. The normalized spacial score (nSPS) is 12.1. The van der Waals surface area contributed by atoms with Crippen LogP contribution in [0.3, 0.4) is 0 Å². The number of nitrogens with one attached hydrogen (secondary N) is 1. The maximum atomic E-state index is 12.2. The van der Waals surface area contributed by atoms with Crippen molar-refractivity contribution in [1.29, 1.82) is 0 Å². The fourth-order valence-corrected chi connectivity index (χ4v) is 3.24. The maximum absolute atomic E-state index is 12.2. The first-order valence-corrected chi connectivity index (χ1v) is 10.2. The molecule has 1 unspecified atom stereocenters. The quantitative estimate of drug-likeness (QED) is 0.620. The number of esters is 1. The Bertz CT molecular complexity index is 828. The molecule has 0 radical (unpaired) electrons. The van der Waals surface area contributed by atoms with Gasteiger partial charge in [-0.2, -0.15) is 5.10 Å². The summed E-state index contributed by atoms with van der Waals surface area (Å²) in [5, 5.41) is 7.34. The third-order valence-corrected chi connectivity index (χ3v) is 5.03. The van der Waals surface area contributed by atoms with Crippen LogP contribution in [-0.2, 0) is 27.3 Å². The van der Waals surface area contributed by atoms with Crippen LogP contribution in [0.15, 0.2) is 28.7 Å². The highest BCUT2D eigenvalue weighted by Gasteiger charge is 2.18. The molecule has 152 valence electrons. The molecule has 1 aromatic heterocycles. The third-order valence-electron chi connectivity index (χ3n) is 4.50. The lowest BCUT2D eigenvalue weighted by atomic mass is 10.1. The second-order valence-corrected chi connectivity index (χ2v) is 8.32. The molecule has 1 amide bonds. The number of carbonyl (C=O) groups is 2. The number of hydrogen-bond acceptors (Lipinski definition) is 4. The van der Waals surface area contributed by atoms with Gasteiger partial charge < -0.3 is 10.1 Å². The van der Waals surface area contributed by atoms with E-state index in [2.05, 4.69) is 40.2 Å². The first-order valence-electron chi connectivity index (χ1n) is 9.40. The van der Waals surface area contributed by atoms with Crippen LogP contribution in [0, 0.1) is 19.8 Å². The van der Waals surface area contributed by atoms with Crippen molar-refractivity contribution in [2.75, 3.05) is 6.61 Å². The lowest BCUT2D eigenvalue weighted by Gasteiger charge is -2.14. The van der Waals surface area contributed by atoms with E-state index in [4.69, 9.17) is 4.74 Å². The van der Waals surface area contributed by atoms with Gasteiger partial charge in [-0.05, 0) is 44.4 Å². The molecular weight excluding hydrogens is 422 g/mol. The highest BCUT2D eigenvalue weighted by molar-refractivity contribution is 9.10. The Morgan fingerprint density at radius 1 is 1.18 bits per heavy atom. The first-order chi connectivity index (χ1) is 13.2. The Morgan fingerprint density at radius 2 is 1.82 bits per heavy atom. The molecule has 28 heavy (non-hydrogen) atoms. The van der Waals surface area contributed by atoms with Crippen molar-refractivity contribution in [3.05, 3.63) is 51.3 Å². The van der Waals surface area contributed by atoms with Crippen molar-refractivity contribution in [1.82, 2.24) is 15.1 Å². The van der Waals surface area contributed by atoms with Crippen molar-refractivity contribution in [3.63, 3.8) is 0 Å². The Kier molecular flexibility index (Phi) is 7.80. The molecule has 1 N–H and O–H groups in total. The number of aromatic nitrogens is 2. The minimum atomic E-state index is -0.429. The summed E-state index contributed by atoms with van der Waals surface area (Å²) in [7, 11) is 0. The van der Waals surface area contributed by atoms with Crippen LogP contribution >= 0.6 is 15.9 Å². The van der Waals surface area contributed by atoms with Crippen LogP contribution in [-0.4, -0.2) is 28.3 Å². The lowest BCUT2D eigenvalue weighted by Crippen LogP contribution is -2.31. The first kappa shape index (κ1) is 22.1. The predicted molar refractivity (Wildman–Crippen MR) is 112 cm³/mol. The van der Waals surface area contributed by atoms with Crippen LogP contribution in [0.5, 0.6) is 0 Å². The van der Waals surface area contributed by atoms with Gasteiger partial charge in [-0.3, -0.25) is 14.3 Å². The molecule has 0 saturated heterocycles. The van der Waals surface area contributed by atoms with Crippen LogP contribution < -0.4 is 5.32 Å². The zero-order chi connectivity index (χ0) is 20.8. The number of hydrogen-bond donors (Lipinski definition) is 1. The number of ether oxygens (including phenoxy) is 1. The van der Waals surface area contributed by atoms with E-state index < -0.39 is 5.97 Å². The Labute approximate surface area is 174 Å². The molecule has 0 saturated carbocycles. The number of nitrogens with zero attached hydrogens (tertiary/aromatic N) is 2. The molecule has 0 aliphatic heterocycles. The van der Waals surface area contributed by atoms with E-state index in [-0.39, 0.29) is 25.0 Å². The zero-order valence-electron chi connectivity index (χ0n) is 17.1. The number of aryl methyl sites for hydroxylation is 1. The van der Waals surface area contributed by atoms with E-state index in [0.717, 1.165) is 33.5 Å². The fourth-order valence-electron chi connectivity index (χ4n) is 2.97. The summed E-state index contributed by atoms with van der Waals surface area (Å²) >= 11 is 3.39. The fraction of sp³-hybridized carbons (Fsp3) is 0.476. The van der Waals surface area contributed by atoms with Gasteiger partial charge in [0, 0.05) is 22.3 Å². The van der Waals surface area contributed by atoms with Crippen molar-refractivity contribution >= 4 is 27.8 Å². The molecule has 1 heterocycles. The smallest absolute Gasteiger partial charge is 0.310 e. The summed E-state index contributed by atoms with van der Waals surface area (Å²) in [6.07, 6.45) is 0.116. The SMILES string of the molecule is Cc1nn(CC(C)C)c(C)c1CC(=O)OCC(=O)NC(C)c1ccc(Br)cc1. The molecule has 6 nitrogen and oxygen atoms in total. The molecule has 0 aliphatic carbocycles. The topological polar surface area (TPSA) is 73.2 Å². The van der Waals surface area contributed by atoms with E-state index in [1.807, 2.05) is 49.7 Å². The van der Waals surface area contributed by atoms with Gasteiger partial charge in [0.25, 0.3) is 5.91 Å². The third kappa shape index (κ3) is 6.19. The second kappa shape index (κ2) is 9.87. The second-order valence-electron chi connectivity index (χ2n) is 7.40. The standard InChI is InChI=1S/C21H28BrN3O3/c1-13(2)11-25-16(5)19(15(4)24-25)10-21(27)28-12-20(26)23-14(3)17-6-8-18(22)9-7-17/h6-9,13-14H,10-12H2,1-5H3,(H,23,26). The molecule has 1 aromatic carbocycles. The monoisotopic (exact) mass is 449 g/mol. The average Bonchev–Trinajstić information content (AvgIpc) is 2.87. The van der Waals surface area contributed by atoms with Crippen LogP contribution in [0.2, 0.25) is 0 Å². The lowest BCUT2D eigenvalue weighted by molar-refractivity contribution is -0.148. The summed E-state index contributed by atoms with van der Waals surface area (Å²) in [5.74, 6) is -0.288. The number of carbonyl (C=O) groups excluding carboxylic acids is 2. The molecule has 0 aliphatic rings. The van der Waals surface area contributed by atoms with E-state index in [9.17, 15) is 9.59 Å². The van der Waals surface area contributed by atoms with Gasteiger partial charge in [0.15, 0.2) is 6.61 Å². The molecule has 0 spiro atoms. The Balaban J connectivity index is 1.86. The Morgan fingerprint density at radius 3 is 2.43 bits per heavy atom. The van der Waals surface area contributed by atoms with Crippen molar-refractivity contribution < 1.29 is 14.3 Å². The van der Waals surface area contributed by atoms with Crippen molar-refractivity contribution in [2.45, 2.75) is 53.6 Å². The predicted octanol–water partition coefficient (Wildman–Crippen LogP) is 3.88. The zero-order valence-corrected chi connectivity index (χ0v) is 18.7. The summed E-state index contributed by atoms with van der Waals surface area (Å²) in [6.45, 7) is 10.5. The number of benzene rings is 1. The van der Waals surface area contributed by atoms with Crippen molar-refractivity contribution in [2.24, 2.45) is 5.92 Å². The summed E-state index contributed by atoms with van der Waals surface area (Å²) in [4.78, 5) is 24.3. The van der Waals surface area contributed by atoms with Gasteiger partial charge >= 0.3 is 5.97 Å². The molecule has 7 heteroatoms. The summed E-state index contributed by atoms with van der Waals surface area (Å²) in [5.41, 5.74) is 3.64. The van der Waals surface area contributed by atoms with Gasteiger partial charge in [-0.1, -0.05) is 41.9 Å². The Hall–Kier alpha value is -2.15. The average molecular weight is 450 g/mol. The van der Waals surface area contributed by atoms with Gasteiger partial charge in [-0.25, -0.2) is 0 Å². The van der Waals surface area contributed by atoms with Crippen LogP contribution in [0.1, 0.15) is 49.3 Å². The van der Waals surface area contributed by atoms with Gasteiger partial charge in [0.2, 0.25) is 0 Å². The van der Waals surface area contributed by atoms with E-state index in [0.29, 0.717) is 5.92 Å². The van der Waals surface area contributed by atoms with Crippen LogP contribution in [0.4, 0.5) is 0 Å². The number of rotatable bonds is 8. The van der Waals surface area contributed by atoms with Crippen LogP contribution in [0.25, 0.3) is 0 Å². The van der Waals surface area contributed by atoms with E-state index >= 15 is 0 Å². The minimum absolute atomic E-state index is 0.116. The number of halogens is 1. The maximum Gasteiger partial charge on any atom is 0.310 e. The largest absolute Gasteiger partial charge is 0.455 e. The molecule has 2 aromatic rings. The molecule has 0 fully saturated rings. The molecule has 0 bridgehead atoms. The van der Waals surface area contributed by atoms with Gasteiger partial charge in [0.05, 0.1) is 18.2 Å². The molecule has 1 atom stereocenters. The minimum Gasteiger partial charge on any atom is -0.455 e. The van der Waals surface area contributed by atoms with E-state index in [1.165, 1.54) is 0 Å². The number of amides is 1. The van der Waals surface area contributed by atoms with Gasteiger partial charge in [-0.15, -0.1) is 0 Å². The highest BCUT2D eigenvalue weighted by Crippen LogP contribution is 2.17.